The summed E-state index contributed by atoms with van der Waals surface area (Å²) in [5, 5.41) is 4.36. The van der Waals surface area contributed by atoms with Gasteiger partial charge in [-0.2, -0.15) is 0 Å². The average molecular weight is 434 g/mol. The van der Waals surface area contributed by atoms with Gasteiger partial charge in [0.25, 0.3) is 11.5 Å². The van der Waals surface area contributed by atoms with E-state index in [1.807, 2.05) is 42.5 Å². The van der Waals surface area contributed by atoms with Crippen LogP contribution in [0.5, 0.6) is 0 Å². The molecule has 0 radical (unpaired) electrons. The first-order valence-electron chi connectivity index (χ1n) is 9.66. The molecule has 7 nitrogen and oxygen atoms in total. The third kappa shape index (κ3) is 3.87. The maximum absolute atomic E-state index is 13.4. The Morgan fingerprint density at radius 3 is 2.61 bits per heavy atom. The summed E-state index contributed by atoms with van der Waals surface area (Å²) >= 11 is 6.34. The quantitative estimate of drug-likeness (QED) is 0.509. The van der Waals surface area contributed by atoms with E-state index in [0.29, 0.717) is 32.9 Å². The van der Waals surface area contributed by atoms with E-state index in [9.17, 15) is 9.59 Å². The maximum Gasteiger partial charge on any atom is 0.274 e. The second-order valence-corrected chi connectivity index (χ2v) is 7.60. The highest BCUT2D eigenvalue weighted by Crippen LogP contribution is 2.25. The SMILES string of the molecule is Cc1cnc(C(=O)NC(C)c2cc3cccc(Cl)c3c(=O)n2-c2ccccc2)c(N)n1. The molecule has 0 saturated carbocycles. The standard InChI is InChI=1S/C23H20ClN5O2/c1-13-12-26-20(21(25)27-13)22(30)28-14(2)18-11-15-7-6-10-17(24)19(15)23(31)29(18)16-8-4-3-5-9-16/h3-12,14H,1-2H3,(H2,25,27)(H,28,30). The number of hydrogen-bond donors (Lipinski definition) is 2. The minimum Gasteiger partial charge on any atom is -0.382 e. The molecule has 0 aliphatic carbocycles. The first kappa shape index (κ1) is 20.6. The number of anilines is 1. The lowest BCUT2D eigenvalue weighted by Crippen LogP contribution is -2.33. The van der Waals surface area contributed by atoms with E-state index in [0.717, 1.165) is 0 Å². The summed E-state index contributed by atoms with van der Waals surface area (Å²) in [7, 11) is 0. The highest BCUT2D eigenvalue weighted by Gasteiger charge is 2.21. The molecule has 1 amide bonds. The number of hydrogen-bond acceptors (Lipinski definition) is 5. The lowest BCUT2D eigenvalue weighted by atomic mass is 10.1. The van der Waals surface area contributed by atoms with Crippen molar-refractivity contribution in [1.29, 1.82) is 0 Å². The lowest BCUT2D eigenvalue weighted by molar-refractivity contribution is 0.0934. The van der Waals surface area contributed by atoms with Crippen LogP contribution in [0, 0.1) is 6.92 Å². The number of halogens is 1. The molecule has 2 aromatic heterocycles. The summed E-state index contributed by atoms with van der Waals surface area (Å²) < 4.78 is 1.56. The van der Waals surface area contributed by atoms with Gasteiger partial charge in [-0.3, -0.25) is 14.2 Å². The first-order chi connectivity index (χ1) is 14.9. The van der Waals surface area contributed by atoms with Crippen LogP contribution in [-0.2, 0) is 0 Å². The van der Waals surface area contributed by atoms with Crippen molar-refractivity contribution >= 4 is 34.1 Å². The Morgan fingerprint density at radius 1 is 1.16 bits per heavy atom. The number of carbonyl (C=O) groups excluding carboxylic acids is 1. The summed E-state index contributed by atoms with van der Waals surface area (Å²) in [4.78, 5) is 34.4. The highest BCUT2D eigenvalue weighted by molar-refractivity contribution is 6.35. The number of nitrogens with zero attached hydrogens (tertiary/aromatic N) is 3. The molecule has 4 rings (SSSR count). The van der Waals surface area contributed by atoms with Gasteiger partial charge in [0.15, 0.2) is 11.5 Å². The van der Waals surface area contributed by atoms with Crippen molar-refractivity contribution in [3.8, 4) is 5.69 Å². The van der Waals surface area contributed by atoms with E-state index in [2.05, 4.69) is 15.3 Å². The molecule has 0 fully saturated rings. The van der Waals surface area contributed by atoms with Crippen LogP contribution in [0.4, 0.5) is 5.82 Å². The number of para-hydroxylation sites is 1. The number of nitrogen functional groups attached to an aromatic ring is 1. The summed E-state index contributed by atoms with van der Waals surface area (Å²) in [5.41, 5.74) is 7.52. The molecule has 0 spiro atoms. The molecular formula is C23H20ClN5O2. The predicted octanol–water partition coefficient (Wildman–Crippen LogP) is 3.82. The summed E-state index contributed by atoms with van der Waals surface area (Å²) in [6, 6.07) is 15.8. The number of aryl methyl sites for hydroxylation is 1. The van der Waals surface area contributed by atoms with Gasteiger partial charge in [0.1, 0.15) is 0 Å². The summed E-state index contributed by atoms with van der Waals surface area (Å²) in [6.45, 7) is 3.53. The van der Waals surface area contributed by atoms with Crippen molar-refractivity contribution in [3.63, 3.8) is 0 Å². The van der Waals surface area contributed by atoms with Gasteiger partial charge in [-0.05, 0) is 43.5 Å². The number of rotatable bonds is 4. The van der Waals surface area contributed by atoms with Crippen molar-refractivity contribution < 1.29 is 4.79 Å². The number of nitrogens with one attached hydrogen (secondary N) is 1. The largest absolute Gasteiger partial charge is 0.382 e. The van der Waals surface area contributed by atoms with Crippen LogP contribution >= 0.6 is 11.6 Å². The minimum absolute atomic E-state index is 0.0369. The number of pyridine rings is 1. The molecule has 156 valence electrons. The highest BCUT2D eigenvalue weighted by atomic mass is 35.5. The monoisotopic (exact) mass is 433 g/mol. The molecule has 1 atom stereocenters. The zero-order chi connectivity index (χ0) is 22.1. The fraction of sp³-hybridized carbons (Fsp3) is 0.130. The zero-order valence-electron chi connectivity index (χ0n) is 17.0. The van der Waals surface area contributed by atoms with E-state index >= 15 is 0 Å². The number of fused-ring (bicyclic) bond motifs is 1. The van der Waals surface area contributed by atoms with Crippen molar-refractivity contribution in [1.82, 2.24) is 19.9 Å². The van der Waals surface area contributed by atoms with Crippen LogP contribution in [0.3, 0.4) is 0 Å². The van der Waals surface area contributed by atoms with Gasteiger partial charge in [-0.25, -0.2) is 9.97 Å². The number of nitrogens with two attached hydrogens (primary N) is 1. The van der Waals surface area contributed by atoms with Crippen molar-refractivity contribution in [2.24, 2.45) is 0 Å². The molecular weight excluding hydrogens is 414 g/mol. The molecule has 0 aliphatic rings. The Labute approximate surface area is 183 Å². The van der Waals surface area contributed by atoms with Crippen LogP contribution in [-0.4, -0.2) is 20.4 Å². The Hall–Kier alpha value is -3.71. The number of amides is 1. The van der Waals surface area contributed by atoms with Crippen LogP contribution < -0.4 is 16.6 Å². The van der Waals surface area contributed by atoms with Gasteiger partial charge < -0.3 is 11.1 Å². The second-order valence-electron chi connectivity index (χ2n) is 7.19. The molecule has 0 bridgehead atoms. The third-order valence-electron chi connectivity index (χ3n) is 4.97. The molecule has 2 heterocycles. The molecule has 0 aliphatic heterocycles. The van der Waals surface area contributed by atoms with Gasteiger partial charge >= 0.3 is 0 Å². The third-order valence-corrected chi connectivity index (χ3v) is 5.28. The maximum atomic E-state index is 13.4. The van der Waals surface area contributed by atoms with E-state index in [4.69, 9.17) is 17.3 Å². The zero-order valence-corrected chi connectivity index (χ0v) is 17.7. The van der Waals surface area contributed by atoms with E-state index in [-0.39, 0.29) is 17.1 Å². The molecule has 8 heteroatoms. The fourth-order valence-electron chi connectivity index (χ4n) is 3.51. The summed E-state index contributed by atoms with van der Waals surface area (Å²) in [6.07, 6.45) is 1.48. The van der Waals surface area contributed by atoms with Gasteiger partial charge in [-0.1, -0.05) is 41.9 Å². The predicted molar refractivity (Wildman–Crippen MR) is 122 cm³/mol. The van der Waals surface area contributed by atoms with Gasteiger partial charge in [0, 0.05) is 17.6 Å². The summed E-state index contributed by atoms with van der Waals surface area (Å²) in [5.74, 6) is -0.425. The first-order valence-corrected chi connectivity index (χ1v) is 10.0. The van der Waals surface area contributed by atoms with Gasteiger partial charge in [0.2, 0.25) is 0 Å². The Bertz CT molecular complexity index is 1350. The van der Waals surface area contributed by atoms with Crippen molar-refractivity contribution in [2.45, 2.75) is 19.9 Å². The fourth-order valence-corrected chi connectivity index (χ4v) is 3.77. The minimum atomic E-state index is -0.536. The molecule has 1 unspecified atom stereocenters. The van der Waals surface area contributed by atoms with Crippen LogP contribution in [0.15, 0.2) is 65.6 Å². The average Bonchev–Trinajstić information content (AvgIpc) is 2.74. The van der Waals surface area contributed by atoms with Crippen LogP contribution in [0.2, 0.25) is 5.02 Å². The van der Waals surface area contributed by atoms with Crippen LogP contribution in [0.25, 0.3) is 16.5 Å². The second kappa shape index (κ2) is 8.20. The smallest absolute Gasteiger partial charge is 0.274 e. The van der Waals surface area contributed by atoms with Crippen molar-refractivity contribution in [3.05, 3.63) is 93.3 Å². The topological polar surface area (TPSA) is 103 Å². The Kier molecular flexibility index (Phi) is 5.44. The normalized spacial score (nSPS) is 12.0. The number of carbonyl (C=O) groups is 1. The molecule has 31 heavy (non-hydrogen) atoms. The Balaban J connectivity index is 1.84. The van der Waals surface area contributed by atoms with E-state index in [1.165, 1.54) is 6.20 Å². The van der Waals surface area contributed by atoms with Crippen LogP contribution in [0.1, 0.15) is 34.8 Å². The van der Waals surface area contributed by atoms with E-state index in [1.54, 1.807) is 30.5 Å². The number of benzene rings is 2. The number of aromatic nitrogens is 3. The van der Waals surface area contributed by atoms with Gasteiger partial charge in [-0.15, -0.1) is 0 Å². The Morgan fingerprint density at radius 2 is 1.90 bits per heavy atom. The molecule has 0 saturated heterocycles. The van der Waals surface area contributed by atoms with E-state index < -0.39 is 11.9 Å². The lowest BCUT2D eigenvalue weighted by Gasteiger charge is -2.21. The molecule has 4 aromatic rings. The molecule has 2 aromatic carbocycles. The van der Waals surface area contributed by atoms with Crippen molar-refractivity contribution in [2.75, 3.05) is 5.73 Å². The molecule has 3 N–H and O–H groups in total. The van der Waals surface area contributed by atoms with Gasteiger partial charge in [0.05, 0.1) is 22.1 Å².